The van der Waals surface area contributed by atoms with Crippen molar-refractivity contribution >= 4 is 29.1 Å². The van der Waals surface area contributed by atoms with Gasteiger partial charge >= 0.3 is 6.18 Å². The molecule has 0 amide bonds. The monoisotopic (exact) mass is 374 g/mol. The first-order valence-corrected chi connectivity index (χ1v) is 9.12. The van der Waals surface area contributed by atoms with E-state index in [0.29, 0.717) is 17.5 Å². The zero-order valence-electron chi connectivity index (χ0n) is 13.1. The minimum atomic E-state index is -4.41. The summed E-state index contributed by atoms with van der Waals surface area (Å²) in [5.74, 6) is 0.507. The highest BCUT2D eigenvalue weighted by molar-refractivity contribution is 7.98. The molecule has 0 spiro atoms. The van der Waals surface area contributed by atoms with Gasteiger partial charge in [-0.15, -0.1) is 23.1 Å². The quantitative estimate of drug-likeness (QED) is 0.475. The Balaban J connectivity index is 1.85. The number of thiazole rings is 1. The van der Waals surface area contributed by atoms with Crippen LogP contribution in [0.2, 0.25) is 0 Å². The average Bonchev–Trinajstić information content (AvgIpc) is 3.05. The first-order chi connectivity index (χ1) is 11.4. The van der Waals surface area contributed by atoms with E-state index in [1.807, 2.05) is 30.5 Å². The zero-order chi connectivity index (χ0) is 17.6. The third kappa shape index (κ3) is 5.41. The zero-order valence-corrected chi connectivity index (χ0v) is 14.8. The molecule has 24 heavy (non-hydrogen) atoms. The Hall–Kier alpha value is -1.74. The van der Waals surface area contributed by atoms with Gasteiger partial charge in [-0.25, -0.2) is 4.98 Å². The van der Waals surface area contributed by atoms with E-state index in [2.05, 4.69) is 20.6 Å². The molecule has 0 aliphatic rings. The smallest absolute Gasteiger partial charge is 0.352 e. The number of guanidine groups is 1. The largest absolute Gasteiger partial charge is 0.434 e. The van der Waals surface area contributed by atoms with Crippen LogP contribution in [0, 0.1) is 0 Å². The number of benzene rings is 1. The van der Waals surface area contributed by atoms with Crippen molar-refractivity contribution in [2.45, 2.75) is 24.2 Å². The standard InChI is InChI=1S/C15H17F3N4S2/c1-19-14(20-7-10-3-5-11(23-2)6-4-10)21-8-13-22-12(9-24-13)15(16,17)18/h3-6,9H,7-8H2,1-2H3,(H2,19,20,21). The predicted molar refractivity (Wildman–Crippen MR) is 92.4 cm³/mol. The number of nitrogens with one attached hydrogen (secondary N) is 2. The molecule has 0 radical (unpaired) electrons. The highest BCUT2D eigenvalue weighted by Crippen LogP contribution is 2.29. The van der Waals surface area contributed by atoms with Crippen molar-refractivity contribution in [3.05, 3.63) is 45.9 Å². The van der Waals surface area contributed by atoms with Gasteiger partial charge < -0.3 is 10.6 Å². The molecule has 0 atom stereocenters. The molecule has 0 aliphatic carbocycles. The molecule has 1 heterocycles. The normalized spacial score (nSPS) is 12.3. The van der Waals surface area contributed by atoms with Gasteiger partial charge in [0.2, 0.25) is 0 Å². The van der Waals surface area contributed by atoms with E-state index < -0.39 is 11.9 Å². The fraction of sp³-hybridized carbons (Fsp3) is 0.333. The van der Waals surface area contributed by atoms with Gasteiger partial charge in [-0.05, 0) is 24.0 Å². The summed E-state index contributed by atoms with van der Waals surface area (Å²) in [4.78, 5) is 8.81. The number of aromatic nitrogens is 1. The van der Waals surface area contributed by atoms with Crippen molar-refractivity contribution in [1.82, 2.24) is 15.6 Å². The number of nitrogens with zero attached hydrogens (tertiary/aromatic N) is 2. The Morgan fingerprint density at radius 1 is 1.21 bits per heavy atom. The Morgan fingerprint density at radius 3 is 2.42 bits per heavy atom. The highest BCUT2D eigenvalue weighted by Gasteiger charge is 2.33. The van der Waals surface area contributed by atoms with E-state index in [-0.39, 0.29) is 6.54 Å². The van der Waals surface area contributed by atoms with Gasteiger partial charge in [-0.1, -0.05) is 12.1 Å². The summed E-state index contributed by atoms with van der Waals surface area (Å²) >= 11 is 2.64. The van der Waals surface area contributed by atoms with Crippen LogP contribution in [0.25, 0.3) is 0 Å². The molecular formula is C15H17F3N4S2. The number of aliphatic imine (C=N–C) groups is 1. The third-order valence-electron chi connectivity index (χ3n) is 3.09. The molecule has 9 heteroatoms. The van der Waals surface area contributed by atoms with Crippen molar-refractivity contribution in [1.29, 1.82) is 0 Å². The lowest BCUT2D eigenvalue weighted by molar-refractivity contribution is -0.140. The second-order valence-corrected chi connectivity index (χ2v) is 6.57. The van der Waals surface area contributed by atoms with E-state index >= 15 is 0 Å². The molecule has 2 aromatic rings. The predicted octanol–water partition coefficient (Wildman–Crippen LogP) is 3.75. The van der Waals surface area contributed by atoms with E-state index in [9.17, 15) is 13.2 Å². The number of rotatable bonds is 5. The maximum Gasteiger partial charge on any atom is 0.434 e. The molecule has 0 bridgehead atoms. The molecule has 0 unspecified atom stereocenters. The van der Waals surface area contributed by atoms with Crippen LogP contribution in [0.4, 0.5) is 13.2 Å². The average molecular weight is 374 g/mol. The molecule has 4 nitrogen and oxygen atoms in total. The summed E-state index contributed by atoms with van der Waals surface area (Å²) in [6, 6.07) is 8.10. The van der Waals surface area contributed by atoms with E-state index in [0.717, 1.165) is 22.3 Å². The molecule has 0 saturated heterocycles. The van der Waals surface area contributed by atoms with Gasteiger partial charge in [0.25, 0.3) is 0 Å². The van der Waals surface area contributed by atoms with Gasteiger partial charge in [-0.3, -0.25) is 4.99 Å². The summed E-state index contributed by atoms with van der Waals surface area (Å²) in [7, 11) is 1.61. The molecule has 0 fully saturated rings. The number of thioether (sulfide) groups is 1. The van der Waals surface area contributed by atoms with E-state index in [4.69, 9.17) is 0 Å². The van der Waals surface area contributed by atoms with Gasteiger partial charge in [0.1, 0.15) is 5.01 Å². The van der Waals surface area contributed by atoms with Crippen LogP contribution in [0.5, 0.6) is 0 Å². The Labute approximate surface area is 146 Å². The number of alkyl halides is 3. The lowest BCUT2D eigenvalue weighted by Crippen LogP contribution is -2.36. The fourth-order valence-electron chi connectivity index (χ4n) is 1.83. The first-order valence-electron chi connectivity index (χ1n) is 7.01. The second kappa shape index (κ2) is 8.39. The molecule has 2 rings (SSSR count). The van der Waals surface area contributed by atoms with E-state index in [1.54, 1.807) is 18.8 Å². The summed E-state index contributed by atoms with van der Waals surface area (Å²) in [6.07, 6.45) is -2.39. The van der Waals surface area contributed by atoms with Crippen LogP contribution >= 0.6 is 23.1 Å². The minimum Gasteiger partial charge on any atom is -0.352 e. The Morgan fingerprint density at radius 2 is 1.88 bits per heavy atom. The van der Waals surface area contributed by atoms with Crippen molar-refractivity contribution in [2.24, 2.45) is 4.99 Å². The molecule has 130 valence electrons. The van der Waals surface area contributed by atoms with Crippen molar-refractivity contribution in [2.75, 3.05) is 13.3 Å². The molecule has 1 aromatic heterocycles. The summed E-state index contributed by atoms with van der Waals surface area (Å²) < 4.78 is 37.5. The molecule has 0 saturated carbocycles. The van der Waals surface area contributed by atoms with E-state index in [1.165, 1.54) is 4.90 Å². The van der Waals surface area contributed by atoms with Gasteiger partial charge in [0.15, 0.2) is 11.7 Å². The lowest BCUT2D eigenvalue weighted by Gasteiger charge is -2.11. The Kier molecular flexibility index (Phi) is 6.50. The maximum atomic E-state index is 12.5. The second-order valence-electron chi connectivity index (χ2n) is 4.75. The number of hydrogen-bond donors (Lipinski definition) is 2. The van der Waals surface area contributed by atoms with Crippen LogP contribution < -0.4 is 10.6 Å². The number of hydrogen-bond acceptors (Lipinski definition) is 4. The van der Waals surface area contributed by atoms with Crippen molar-refractivity contribution in [3.63, 3.8) is 0 Å². The molecule has 0 aliphatic heterocycles. The van der Waals surface area contributed by atoms with Crippen LogP contribution in [0.1, 0.15) is 16.3 Å². The Bertz CT molecular complexity index is 681. The van der Waals surface area contributed by atoms with Crippen LogP contribution in [0.3, 0.4) is 0 Å². The lowest BCUT2D eigenvalue weighted by atomic mass is 10.2. The fourth-order valence-corrected chi connectivity index (χ4v) is 2.98. The molecular weight excluding hydrogens is 357 g/mol. The third-order valence-corrected chi connectivity index (χ3v) is 4.68. The minimum absolute atomic E-state index is 0.186. The van der Waals surface area contributed by atoms with Crippen LogP contribution in [-0.4, -0.2) is 24.2 Å². The molecule has 1 aromatic carbocycles. The topological polar surface area (TPSA) is 49.3 Å². The van der Waals surface area contributed by atoms with Gasteiger partial charge in [-0.2, -0.15) is 13.2 Å². The van der Waals surface area contributed by atoms with Crippen LogP contribution in [-0.2, 0) is 19.3 Å². The first kappa shape index (κ1) is 18.6. The SMILES string of the molecule is CN=C(NCc1ccc(SC)cc1)NCc1nc(C(F)(F)F)cs1. The summed E-state index contributed by atoms with van der Waals surface area (Å²) in [5.41, 5.74) is 0.227. The number of halogens is 3. The van der Waals surface area contributed by atoms with Gasteiger partial charge in [0.05, 0.1) is 6.54 Å². The van der Waals surface area contributed by atoms with Crippen molar-refractivity contribution < 1.29 is 13.2 Å². The van der Waals surface area contributed by atoms with Gasteiger partial charge in [0, 0.05) is 23.9 Å². The van der Waals surface area contributed by atoms with Crippen molar-refractivity contribution in [3.8, 4) is 0 Å². The summed E-state index contributed by atoms with van der Waals surface area (Å²) in [6.45, 7) is 0.756. The molecule has 2 N–H and O–H groups in total. The highest BCUT2D eigenvalue weighted by atomic mass is 32.2. The van der Waals surface area contributed by atoms with Crippen LogP contribution in [0.15, 0.2) is 39.5 Å². The maximum absolute atomic E-state index is 12.5. The summed E-state index contributed by atoms with van der Waals surface area (Å²) in [5, 5.41) is 7.45.